The second kappa shape index (κ2) is 24.6. The maximum Gasteiger partial charge on any atom is 0.318 e. The van der Waals surface area contributed by atoms with Gasteiger partial charge in [0.15, 0.2) is 12.3 Å². The minimum atomic E-state index is -0.992. The number of aromatic hydroxyl groups is 1. The highest BCUT2D eigenvalue weighted by atomic mass is 19.1. The van der Waals surface area contributed by atoms with Crippen LogP contribution < -0.4 is 31.6 Å². The highest BCUT2D eigenvalue weighted by molar-refractivity contribution is 5.94. The first-order valence-electron chi connectivity index (χ1n) is 24.0. The van der Waals surface area contributed by atoms with E-state index in [9.17, 15) is 38.6 Å². The quantitative estimate of drug-likeness (QED) is 0.0639. The number of nitrogens with zero attached hydrogens (tertiary/aromatic N) is 3. The highest BCUT2D eigenvalue weighted by Crippen LogP contribution is 2.28. The van der Waals surface area contributed by atoms with Gasteiger partial charge in [0.1, 0.15) is 29.0 Å². The molecule has 17 heteroatoms. The lowest BCUT2D eigenvalue weighted by molar-refractivity contribution is -0.128. The topological polar surface area (TPSA) is 213 Å². The van der Waals surface area contributed by atoms with E-state index >= 15 is 0 Å². The van der Waals surface area contributed by atoms with Crippen molar-refractivity contribution in [3.8, 4) is 11.5 Å². The first-order chi connectivity index (χ1) is 33.9. The maximum absolute atomic E-state index is 13.8. The highest BCUT2D eigenvalue weighted by Gasteiger charge is 2.37. The Balaban J connectivity index is 0.000000277. The SMILES string of the molecule is CC1(C)OCCn2c1nc(C(=O)NCc1ccc(F)cc1)c(O)c2=O.Cc1cccc(C)c1OCC(=O)N[C@@H](Cc1ccccc1)[C@@H](O)C[C@H](Cc1ccccc1)NC(=O)[C@H](C(C)C)N1CCCNC1=O. The normalized spacial score (nSPS) is 15.7. The predicted octanol–water partition coefficient (Wildman–Crippen LogP) is 5.61. The molecular weight excluding hydrogens is 910 g/mol. The molecule has 1 fully saturated rings. The van der Waals surface area contributed by atoms with Crippen LogP contribution in [0.1, 0.15) is 84.7 Å². The fraction of sp³-hybridized carbons (Fsp3) is 0.407. The number of rotatable bonds is 18. The minimum Gasteiger partial charge on any atom is -0.501 e. The van der Waals surface area contributed by atoms with Gasteiger partial charge in [-0.3, -0.25) is 23.7 Å². The summed E-state index contributed by atoms with van der Waals surface area (Å²) in [7, 11) is 0. The van der Waals surface area contributed by atoms with E-state index in [1.807, 2.05) is 107 Å². The predicted molar refractivity (Wildman–Crippen MR) is 266 cm³/mol. The van der Waals surface area contributed by atoms with Gasteiger partial charge < -0.3 is 45.9 Å². The number of amides is 5. The van der Waals surface area contributed by atoms with Gasteiger partial charge in [-0.25, -0.2) is 14.2 Å². The molecule has 1 saturated heterocycles. The fourth-order valence-electron chi connectivity index (χ4n) is 8.81. The van der Waals surface area contributed by atoms with Gasteiger partial charge in [0.05, 0.1) is 25.3 Å². The van der Waals surface area contributed by atoms with E-state index in [0.717, 1.165) is 28.7 Å². The number of hydrogen-bond acceptors (Lipinski definition) is 10. The van der Waals surface area contributed by atoms with E-state index in [0.29, 0.717) is 43.9 Å². The molecule has 378 valence electrons. The largest absolute Gasteiger partial charge is 0.501 e. The Bertz CT molecular complexity index is 2640. The second-order valence-electron chi connectivity index (χ2n) is 18.8. The summed E-state index contributed by atoms with van der Waals surface area (Å²) in [6.07, 6.45) is 0.831. The fourth-order valence-corrected chi connectivity index (χ4v) is 8.81. The minimum absolute atomic E-state index is 0.110. The molecule has 4 atom stereocenters. The van der Waals surface area contributed by atoms with Crippen LogP contribution in [-0.4, -0.2) is 98.9 Å². The molecule has 0 radical (unpaired) electrons. The van der Waals surface area contributed by atoms with Crippen LogP contribution in [0.25, 0.3) is 0 Å². The van der Waals surface area contributed by atoms with Crippen molar-refractivity contribution >= 4 is 23.8 Å². The molecule has 16 nitrogen and oxygen atoms in total. The number of carbonyl (C=O) groups is 4. The molecule has 1 aromatic heterocycles. The van der Waals surface area contributed by atoms with Crippen molar-refractivity contribution in [2.45, 2.75) is 110 Å². The van der Waals surface area contributed by atoms with E-state index < -0.39 is 47.0 Å². The van der Waals surface area contributed by atoms with E-state index in [-0.39, 0.29) is 67.2 Å². The maximum atomic E-state index is 13.8. The zero-order valence-electron chi connectivity index (χ0n) is 41.2. The molecule has 6 N–H and O–H groups in total. The number of ether oxygens (including phenoxy) is 2. The third-order valence-electron chi connectivity index (χ3n) is 12.5. The van der Waals surface area contributed by atoms with Crippen molar-refractivity contribution in [2.24, 2.45) is 5.92 Å². The van der Waals surface area contributed by atoms with E-state index in [1.54, 1.807) is 18.7 Å². The molecule has 0 bridgehead atoms. The number of para-hydroxylation sites is 1. The van der Waals surface area contributed by atoms with Crippen LogP contribution >= 0.6 is 0 Å². The molecule has 2 aliphatic rings. The number of hydrogen-bond donors (Lipinski definition) is 6. The van der Waals surface area contributed by atoms with Crippen molar-refractivity contribution in [1.82, 2.24) is 35.7 Å². The van der Waals surface area contributed by atoms with Gasteiger partial charge in [0.25, 0.3) is 17.4 Å². The number of nitrogens with one attached hydrogen (secondary N) is 4. The summed E-state index contributed by atoms with van der Waals surface area (Å²) in [5.41, 5.74) is 2.64. The van der Waals surface area contributed by atoms with Gasteiger partial charge in [0, 0.05) is 25.7 Å². The number of aliphatic hydroxyl groups is 1. The van der Waals surface area contributed by atoms with Gasteiger partial charge in [-0.15, -0.1) is 0 Å². The molecule has 7 rings (SSSR count). The Morgan fingerprint density at radius 1 is 0.859 bits per heavy atom. The number of aryl methyl sites for hydroxylation is 2. The van der Waals surface area contributed by atoms with Crippen LogP contribution in [0.2, 0.25) is 0 Å². The molecule has 0 spiro atoms. The Morgan fingerprint density at radius 2 is 1.49 bits per heavy atom. The van der Waals surface area contributed by atoms with Gasteiger partial charge in [0.2, 0.25) is 11.7 Å². The number of halogens is 1. The summed E-state index contributed by atoms with van der Waals surface area (Å²) in [4.78, 5) is 70.2. The number of benzene rings is 4. The second-order valence-corrected chi connectivity index (χ2v) is 18.8. The summed E-state index contributed by atoms with van der Waals surface area (Å²) >= 11 is 0. The zero-order chi connectivity index (χ0) is 51.2. The van der Waals surface area contributed by atoms with E-state index in [4.69, 9.17) is 9.47 Å². The number of urea groups is 1. The van der Waals surface area contributed by atoms with Gasteiger partial charge in [-0.05, 0) is 99.2 Å². The van der Waals surface area contributed by atoms with Gasteiger partial charge >= 0.3 is 6.03 Å². The van der Waals surface area contributed by atoms with Crippen LogP contribution in [0.4, 0.5) is 9.18 Å². The Labute approximate surface area is 414 Å². The molecular formula is C54H66FN7O9. The van der Waals surface area contributed by atoms with Crippen molar-refractivity contribution in [3.05, 3.63) is 159 Å². The zero-order valence-corrected chi connectivity index (χ0v) is 41.2. The molecule has 5 amide bonds. The Hall–Kier alpha value is -7.11. The first-order valence-corrected chi connectivity index (χ1v) is 24.0. The Morgan fingerprint density at radius 3 is 2.11 bits per heavy atom. The molecule has 71 heavy (non-hydrogen) atoms. The van der Waals surface area contributed by atoms with E-state index in [1.165, 1.54) is 28.8 Å². The number of aromatic nitrogens is 2. The molecule has 5 aromatic rings. The Kier molecular flexibility index (Phi) is 18.5. The van der Waals surface area contributed by atoms with Crippen molar-refractivity contribution in [1.29, 1.82) is 0 Å². The average molecular weight is 976 g/mol. The lowest BCUT2D eigenvalue weighted by atomic mass is 9.92. The standard InChI is InChI=1S/C37H48N4O5.C17H18FN3O4/c1-25(2)34(41-20-12-19-38-37(41)45)36(44)39-30(21-28-15-7-5-8-16-28)23-32(42)31(22-29-17-9-6-10-18-29)40-33(43)24-46-35-26(3)13-11-14-27(35)4;1-17(2)16-20-12(13(22)15(24)21(16)7-8-25-17)14(23)19-9-10-3-5-11(18)6-4-10/h5-11,13-18,25,30-32,34,42H,12,19-24H2,1-4H3,(H,38,45)(H,39,44)(H,40,43);3-6,22H,7-9H2,1-2H3,(H,19,23)/t30-,31-,32-,34-;/m0./s1. The first kappa shape index (κ1) is 53.2. The molecule has 0 aliphatic carbocycles. The summed E-state index contributed by atoms with van der Waals surface area (Å²) in [5, 5.41) is 33.4. The smallest absolute Gasteiger partial charge is 0.318 e. The van der Waals surface area contributed by atoms with Gasteiger partial charge in [-0.2, -0.15) is 0 Å². The van der Waals surface area contributed by atoms with Gasteiger partial charge in [-0.1, -0.05) is 105 Å². The summed E-state index contributed by atoms with van der Waals surface area (Å²) in [6, 6.07) is 28.9. The van der Waals surface area contributed by atoms with Crippen LogP contribution in [0.5, 0.6) is 11.5 Å². The summed E-state index contributed by atoms with van der Waals surface area (Å²) in [5.74, 6) is -1.53. The number of fused-ring (bicyclic) bond motifs is 1. The van der Waals surface area contributed by atoms with Crippen molar-refractivity contribution < 1.29 is 43.3 Å². The van der Waals surface area contributed by atoms with Crippen LogP contribution in [0, 0.1) is 25.6 Å². The van der Waals surface area contributed by atoms with Crippen LogP contribution in [0.3, 0.4) is 0 Å². The third-order valence-corrected chi connectivity index (χ3v) is 12.5. The summed E-state index contributed by atoms with van der Waals surface area (Å²) in [6.45, 7) is 12.8. The molecule has 2 aliphatic heterocycles. The number of aliphatic hydroxyl groups excluding tert-OH is 1. The van der Waals surface area contributed by atoms with Crippen molar-refractivity contribution in [3.63, 3.8) is 0 Å². The molecule has 0 saturated carbocycles. The molecule has 4 aromatic carbocycles. The molecule has 3 heterocycles. The summed E-state index contributed by atoms with van der Waals surface area (Å²) < 4.78 is 25.7. The van der Waals surface area contributed by atoms with Crippen molar-refractivity contribution in [2.75, 3.05) is 26.3 Å². The lowest BCUT2D eigenvalue weighted by Gasteiger charge is -2.37. The monoisotopic (exact) mass is 975 g/mol. The number of carbonyl (C=O) groups excluding carboxylic acids is 4. The van der Waals surface area contributed by atoms with E-state index in [2.05, 4.69) is 26.3 Å². The third kappa shape index (κ3) is 14.5. The lowest BCUT2D eigenvalue weighted by Crippen LogP contribution is -2.59. The average Bonchev–Trinajstić information content (AvgIpc) is 3.33. The molecule has 0 unspecified atom stereocenters. The van der Waals surface area contributed by atoms with Crippen LogP contribution in [-0.2, 0) is 45.9 Å². The van der Waals surface area contributed by atoms with Crippen LogP contribution in [0.15, 0.2) is 108 Å².